The number of nitrogens with zero attached hydrogens (tertiary/aromatic N) is 3. The second kappa shape index (κ2) is 6.83. The molecule has 0 saturated heterocycles. The van der Waals surface area contributed by atoms with E-state index in [4.69, 9.17) is 0 Å². The maximum atomic E-state index is 12.9. The molecule has 23 heavy (non-hydrogen) atoms. The Balaban J connectivity index is 1.67. The second-order valence-electron chi connectivity index (χ2n) is 5.08. The molecule has 0 aliphatic rings. The molecule has 3 rings (SSSR count). The van der Waals surface area contributed by atoms with Crippen LogP contribution in [0.2, 0.25) is 0 Å². The number of halogens is 1. The predicted molar refractivity (Wildman–Crippen MR) is 88.0 cm³/mol. The third-order valence-electron chi connectivity index (χ3n) is 3.38. The number of benzene rings is 2. The monoisotopic (exact) mass is 309 g/mol. The molecule has 0 bridgehead atoms. The first-order valence-electron chi connectivity index (χ1n) is 7.21. The van der Waals surface area contributed by atoms with Gasteiger partial charge in [0.05, 0.1) is 6.20 Å². The van der Waals surface area contributed by atoms with Crippen molar-refractivity contribution in [1.82, 2.24) is 15.2 Å². The lowest BCUT2D eigenvalue weighted by molar-refractivity contribution is 0.628. The molecule has 6 heteroatoms. The van der Waals surface area contributed by atoms with Crippen molar-refractivity contribution in [2.45, 2.75) is 13.5 Å². The summed E-state index contributed by atoms with van der Waals surface area (Å²) in [5, 5.41) is 14.1. The third-order valence-corrected chi connectivity index (χ3v) is 3.38. The number of anilines is 3. The first-order valence-corrected chi connectivity index (χ1v) is 7.21. The summed E-state index contributed by atoms with van der Waals surface area (Å²) in [7, 11) is 0. The molecule has 116 valence electrons. The number of nitrogens with one attached hydrogen (secondary N) is 2. The summed E-state index contributed by atoms with van der Waals surface area (Å²) in [6.07, 6.45) is 1.56. The summed E-state index contributed by atoms with van der Waals surface area (Å²) >= 11 is 0. The lowest BCUT2D eigenvalue weighted by atomic mass is 10.1. The van der Waals surface area contributed by atoms with Crippen molar-refractivity contribution in [3.05, 3.63) is 71.7 Å². The SMILES string of the molecule is Cc1ccccc1CNc1cnnc(Nc2ccc(F)cc2)n1. The van der Waals surface area contributed by atoms with Gasteiger partial charge in [0.25, 0.3) is 0 Å². The van der Waals surface area contributed by atoms with Crippen molar-refractivity contribution in [3.8, 4) is 0 Å². The average molecular weight is 309 g/mol. The van der Waals surface area contributed by atoms with E-state index in [1.807, 2.05) is 12.1 Å². The molecule has 0 unspecified atom stereocenters. The highest BCUT2D eigenvalue weighted by molar-refractivity contribution is 5.53. The molecule has 0 radical (unpaired) electrons. The first kappa shape index (κ1) is 14.9. The molecule has 2 aromatic carbocycles. The van der Waals surface area contributed by atoms with Gasteiger partial charge in [-0.15, -0.1) is 5.10 Å². The zero-order valence-corrected chi connectivity index (χ0v) is 12.6. The van der Waals surface area contributed by atoms with Gasteiger partial charge < -0.3 is 10.6 Å². The molecule has 1 aromatic heterocycles. The maximum Gasteiger partial charge on any atom is 0.249 e. The minimum absolute atomic E-state index is 0.289. The number of hydrogen-bond donors (Lipinski definition) is 2. The maximum absolute atomic E-state index is 12.9. The topological polar surface area (TPSA) is 62.7 Å². The summed E-state index contributed by atoms with van der Waals surface area (Å²) in [6.45, 7) is 2.72. The highest BCUT2D eigenvalue weighted by Crippen LogP contribution is 2.15. The van der Waals surface area contributed by atoms with Crippen LogP contribution in [0.5, 0.6) is 0 Å². The van der Waals surface area contributed by atoms with Crippen LogP contribution in [0.15, 0.2) is 54.7 Å². The zero-order valence-electron chi connectivity index (χ0n) is 12.6. The Hall–Kier alpha value is -3.02. The van der Waals surface area contributed by atoms with Crippen LogP contribution in [-0.2, 0) is 6.54 Å². The highest BCUT2D eigenvalue weighted by Gasteiger charge is 2.03. The second-order valence-corrected chi connectivity index (χ2v) is 5.08. The fraction of sp³-hybridized carbons (Fsp3) is 0.118. The summed E-state index contributed by atoms with van der Waals surface area (Å²) in [4.78, 5) is 4.35. The van der Waals surface area contributed by atoms with Crippen LogP contribution in [0, 0.1) is 12.7 Å². The van der Waals surface area contributed by atoms with Gasteiger partial charge >= 0.3 is 0 Å². The third kappa shape index (κ3) is 4.00. The molecule has 0 aliphatic heterocycles. The van der Waals surface area contributed by atoms with Gasteiger partial charge in [-0.2, -0.15) is 10.1 Å². The minimum atomic E-state index is -0.289. The van der Waals surface area contributed by atoms with Crippen LogP contribution < -0.4 is 10.6 Å². The molecular weight excluding hydrogens is 293 g/mol. The van der Waals surface area contributed by atoms with Crippen molar-refractivity contribution >= 4 is 17.5 Å². The molecular formula is C17H16FN5. The van der Waals surface area contributed by atoms with Crippen LogP contribution in [0.1, 0.15) is 11.1 Å². The normalized spacial score (nSPS) is 10.3. The standard InChI is InChI=1S/C17H16FN5/c1-12-4-2-3-5-13(12)10-19-16-11-20-23-17(22-16)21-15-8-6-14(18)7-9-15/h2-9,11H,10H2,1H3,(H2,19,21,22,23). The number of aryl methyl sites for hydroxylation is 1. The van der Waals surface area contributed by atoms with Crippen LogP contribution in [0.3, 0.4) is 0 Å². The van der Waals surface area contributed by atoms with Gasteiger partial charge in [-0.25, -0.2) is 4.39 Å². The molecule has 0 saturated carbocycles. The van der Waals surface area contributed by atoms with E-state index in [1.54, 1.807) is 18.3 Å². The first-order chi connectivity index (χ1) is 11.2. The molecule has 0 fully saturated rings. The molecule has 2 N–H and O–H groups in total. The van der Waals surface area contributed by atoms with Gasteiger partial charge in [0.1, 0.15) is 5.82 Å². The van der Waals surface area contributed by atoms with Crippen LogP contribution in [0.25, 0.3) is 0 Å². The molecule has 0 amide bonds. The van der Waals surface area contributed by atoms with Crippen LogP contribution in [-0.4, -0.2) is 15.2 Å². The van der Waals surface area contributed by atoms with Gasteiger partial charge in [0, 0.05) is 12.2 Å². The van der Waals surface area contributed by atoms with Crippen molar-refractivity contribution in [1.29, 1.82) is 0 Å². The van der Waals surface area contributed by atoms with Gasteiger partial charge in [0.15, 0.2) is 5.82 Å². The van der Waals surface area contributed by atoms with E-state index in [2.05, 4.69) is 44.9 Å². The van der Waals surface area contributed by atoms with E-state index >= 15 is 0 Å². The highest BCUT2D eigenvalue weighted by atomic mass is 19.1. The van der Waals surface area contributed by atoms with Crippen molar-refractivity contribution in [2.75, 3.05) is 10.6 Å². The van der Waals surface area contributed by atoms with Crippen molar-refractivity contribution in [3.63, 3.8) is 0 Å². The summed E-state index contributed by atoms with van der Waals surface area (Å²) in [6, 6.07) is 14.1. The Labute approximate surface area is 133 Å². The smallest absolute Gasteiger partial charge is 0.249 e. The summed E-state index contributed by atoms with van der Waals surface area (Å²) < 4.78 is 12.9. The van der Waals surface area contributed by atoms with Crippen molar-refractivity contribution < 1.29 is 4.39 Å². The molecule has 1 heterocycles. The Morgan fingerprint density at radius 2 is 1.83 bits per heavy atom. The zero-order chi connectivity index (χ0) is 16.1. The summed E-state index contributed by atoms with van der Waals surface area (Å²) in [5.74, 6) is 0.683. The quantitative estimate of drug-likeness (QED) is 0.753. The van der Waals surface area contributed by atoms with E-state index in [-0.39, 0.29) is 5.82 Å². The minimum Gasteiger partial charge on any atom is -0.365 e. The van der Waals surface area contributed by atoms with Gasteiger partial charge in [0.2, 0.25) is 5.95 Å². The lowest BCUT2D eigenvalue weighted by Gasteiger charge is -2.09. The predicted octanol–water partition coefficient (Wildman–Crippen LogP) is 3.67. The lowest BCUT2D eigenvalue weighted by Crippen LogP contribution is -2.06. The molecule has 3 aromatic rings. The van der Waals surface area contributed by atoms with Crippen LogP contribution in [0.4, 0.5) is 21.8 Å². The van der Waals surface area contributed by atoms with E-state index in [0.29, 0.717) is 24.0 Å². The largest absolute Gasteiger partial charge is 0.365 e. The Morgan fingerprint density at radius 1 is 1.04 bits per heavy atom. The summed E-state index contributed by atoms with van der Waals surface area (Å²) in [5.41, 5.74) is 3.11. The van der Waals surface area contributed by atoms with Crippen molar-refractivity contribution in [2.24, 2.45) is 0 Å². The fourth-order valence-electron chi connectivity index (χ4n) is 2.10. The van der Waals surface area contributed by atoms with Gasteiger partial charge in [-0.1, -0.05) is 24.3 Å². The Morgan fingerprint density at radius 3 is 2.61 bits per heavy atom. The molecule has 0 spiro atoms. The van der Waals surface area contributed by atoms with Crippen LogP contribution >= 0.6 is 0 Å². The van der Waals surface area contributed by atoms with E-state index in [9.17, 15) is 4.39 Å². The fourth-order valence-corrected chi connectivity index (χ4v) is 2.10. The van der Waals surface area contributed by atoms with E-state index < -0.39 is 0 Å². The molecule has 0 aliphatic carbocycles. The number of hydrogen-bond acceptors (Lipinski definition) is 5. The Kier molecular flexibility index (Phi) is 4.42. The number of aromatic nitrogens is 3. The average Bonchev–Trinajstić information content (AvgIpc) is 2.57. The number of rotatable bonds is 5. The van der Waals surface area contributed by atoms with E-state index in [0.717, 1.165) is 0 Å². The molecule has 0 atom stereocenters. The van der Waals surface area contributed by atoms with E-state index in [1.165, 1.54) is 23.3 Å². The molecule has 5 nitrogen and oxygen atoms in total. The van der Waals surface area contributed by atoms with Gasteiger partial charge in [-0.3, -0.25) is 0 Å². The van der Waals surface area contributed by atoms with Gasteiger partial charge in [-0.05, 0) is 42.3 Å². The Bertz CT molecular complexity index is 789.